The van der Waals surface area contributed by atoms with Gasteiger partial charge in [-0.15, -0.1) is 0 Å². The molecule has 1 aliphatic rings. The average Bonchev–Trinajstić information content (AvgIpc) is 2.76. The maximum Gasteiger partial charge on any atom is 0.263 e. The van der Waals surface area contributed by atoms with E-state index in [2.05, 4.69) is 20.0 Å². The summed E-state index contributed by atoms with van der Waals surface area (Å²) in [4.78, 5) is 10.7. The first kappa shape index (κ1) is 19.2. The molecule has 3 aromatic rings. The van der Waals surface area contributed by atoms with Crippen LogP contribution in [0, 0.1) is 0 Å². The minimum absolute atomic E-state index is 0.120. The molecule has 2 aromatic carbocycles. The van der Waals surface area contributed by atoms with Crippen LogP contribution < -0.4 is 19.7 Å². The molecule has 1 fully saturated rings. The number of sulfonamides is 1. The van der Waals surface area contributed by atoms with Gasteiger partial charge in [-0.25, -0.2) is 18.4 Å². The Morgan fingerprint density at radius 3 is 2.28 bits per heavy atom. The van der Waals surface area contributed by atoms with Crippen molar-refractivity contribution in [2.75, 3.05) is 35.8 Å². The summed E-state index contributed by atoms with van der Waals surface area (Å²) in [6.07, 6.45) is 3.03. The molecule has 1 aromatic heterocycles. The zero-order chi connectivity index (χ0) is 20.1. The van der Waals surface area contributed by atoms with Gasteiger partial charge in [-0.1, -0.05) is 18.2 Å². The molecule has 9 heteroatoms. The molecule has 0 saturated carbocycles. The summed E-state index contributed by atoms with van der Waals surface area (Å²) in [5.41, 5.74) is 0. The summed E-state index contributed by atoms with van der Waals surface area (Å²) in [6, 6.07) is 15.5. The number of nitrogens with zero attached hydrogens (tertiary/aromatic N) is 3. The van der Waals surface area contributed by atoms with E-state index in [1.54, 1.807) is 18.3 Å². The van der Waals surface area contributed by atoms with Crippen LogP contribution in [0.3, 0.4) is 0 Å². The maximum absolute atomic E-state index is 12.9. The third-order valence-corrected chi connectivity index (χ3v) is 5.79. The van der Waals surface area contributed by atoms with Gasteiger partial charge in [0.15, 0.2) is 11.6 Å². The van der Waals surface area contributed by atoms with Crippen molar-refractivity contribution in [3.05, 3.63) is 67.0 Å². The molecule has 0 bridgehead atoms. The first-order valence-electron chi connectivity index (χ1n) is 9.24. The van der Waals surface area contributed by atoms with Gasteiger partial charge in [0.05, 0.1) is 4.90 Å². The normalized spacial score (nSPS) is 14.4. The van der Waals surface area contributed by atoms with Crippen LogP contribution in [0.5, 0.6) is 11.5 Å². The van der Waals surface area contributed by atoms with E-state index in [0.29, 0.717) is 17.3 Å². The van der Waals surface area contributed by atoms with E-state index < -0.39 is 10.0 Å². The lowest BCUT2D eigenvalue weighted by Crippen LogP contribution is -2.44. The van der Waals surface area contributed by atoms with Gasteiger partial charge in [0.25, 0.3) is 10.0 Å². The highest BCUT2D eigenvalue weighted by Gasteiger charge is 2.21. The van der Waals surface area contributed by atoms with Crippen molar-refractivity contribution in [1.82, 2.24) is 15.3 Å². The van der Waals surface area contributed by atoms with E-state index >= 15 is 0 Å². The van der Waals surface area contributed by atoms with Crippen LogP contribution in [0.25, 0.3) is 0 Å². The monoisotopic (exact) mass is 411 g/mol. The molecule has 2 heterocycles. The standard InChI is InChI=1S/C20H21N5O3S/c26-29(27,18-8-6-17(7-9-18)28-16-4-2-1-3-5-16)24-19-20(23-11-10-22-19)25-14-12-21-13-15-25/h1-11,21H,12-15H2,(H,22,24). The molecule has 1 aliphatic heterocycles. The van der Waals surface area contributed by atoms with Gasteiger partial charge < -0.3 is 15.0 Å². The number of rotatable bonds is 6. The van der Waals surface area contributed by atoms with Crippen molar-refractivity contribution in [3.8, 4) is 11.5 Å². The molecule has 0 unspecified atom stereocenters. The van der Waals surface area contributed by atoms with Crippen molar-refractivity contribution in [2.45, 2.75) is 4.90 Å². The Morgan fingerprint density at radius 1 is 0.897 bits per heavy atom. The van der Waals surface area contributed by atoms with Gasteiger partial charge in [0.1, 0.15) is 11.5 Å². The number of para-hydroxylation sites is 1. The summed E-state index contributed by atoms with van der Waals surface area (Å²) < 4.78 is 34.0. The second kappa shape index (κ2) is 8.46. The van der Waals surface area contributed by atoms with Gasteiger partial charge >= 0.3 is 0 Å². The lowest BCUT2D eigenvalue weighted by molar-refractivity contribution is 0.482. The molecule has 0 amide bonds. The molecule has 0 atom stereocenters. The predicted octanol–water partition coefficient (Wildman–Crippen LogP) is 2.48. The van der Waals surface area contributed by atoms with Gasteiger partial charge in [-0.3, -0.25) is 4.72 Å². The Morgan fingerprint density at radius 2 is 1.55 bits per heavy atom. The largest absolute Gasteiger partial charge is 0.457 e. The summed E-state index contributed by atoms with van der Waals surface area (Å²) in [6.45, 7) is 3.09. The summed E-state index contributed by atoms with van der Waals surface area (Å²) in [7, 11) is -3.81. The van der Waals surface area contributed by atoms with E-state index in [0.717, 1.165) is 26.2 Å². The first-order chi connectivity index (χ1) is 14.1. The van der Waals surface area contributed by atoms with Crippen molar-refractivity contribution in [1.29, 1.82) is 0 Å². The second-order valence-corrected chi connectivity index (χ2v) is 8.14. The van der Waals surface area contributed by atoms with Crippen molar-refractivity contribution in [3.63, 3.8) is 0 Å². The van der Waals surface area contributed by atoms with Gasteiger partial charge in [0.2, 0.25) is 0 Å². The highest BCUT2D eigenvalue weighted by Crippen LogP contribution is 2.26. The number of nitrogens with one attached hydrogen (secondary N) is 2. The number of aromatic nitrogens is 2. The van der Waals surface area contributed by atoms with Crippen LogP contribution in [0.15, 0.2) is 71.9 Å². The summed E-state index contributed by atoms with van der Waals surface area (Å²) >= 11 is 0. The molecule has 1 saturated heterocycles. The molecular formula is C20H21N5O3S. The number of benzene rings is 2. The number of piperazine rings is 1. The number of ether oxygens (including phenoxy) is 1. The summed E-state index contributed by atoms with van der Waals surface area (Å²) in [5, 5.41) is 3.26. The van der Waals surface area contributed by atoms with E-state index in [4.69, 9.17) is 4.74 Å². The van der Waals surface area contributed by atoms with E-state index in [1.807, 2.05) is 35.2 Å². The van der Waals surface area contributed by atoms with Crippen molar-refractivity contribution < 1.29 is 13.2 Å². The quantitative estimate of drug-likeness (QED) is 0.643. The summed E-state index contributed by atoms with van der Waals surface area (Å²) in [5.74, 6) is 1.98. The molecule has 0 spiro atoms. The SMILES string of the molecule is O=S(=O)(Nc1nccnc1N1CCNCC1)c1ccc(Oc2ccccc2)cc1. The molecular weight excluding hydrogens is 390 g/mol. The molecule has 4 rings (SSSR count). The topological polar surface area (TPSA) is 96.5 Å². The average molecular weight is 411 g/mol. The second-order valence-electron chi connectivity index (χ2n) is 6.46. The molecule has 0 aliphatic carbocycles. The third-order valence-electron chi connectivity index (χ3n) is 4.44. The van der Waals surface area contributed by atoms with Crippen molar-refractivity contribution >= 4 is 21.7 Å². The molecule has 0 radical (unpaired) electrons. The van der Waals surface area contributed by atoms with Crippen molar-refractivity contribution in [2.24, 2.45) is 0 Å². The third kappa shape index (κ3) is 4.64. The highest BCUT2D eigenvalue weighted by molar-refractivity contribution is 7.92. The predicted molar refractivity (Wildman–Crippen MR) is 111 cm³/mol. The number of hydrogen-bond acceptors (Lipinski definition) is 7. The smallest absolute Gasteiger partial charge is 0.263 e. The minimum atomic E-state index is -3.81. The molecule has 2 N–H and O–H groups in total. The molecule has 150 valence electrons. The Hall–Kier alpha value is -3.17. The zero-order valence-corrected chi connectivity index (χ0v) is 16.5. The highest BCUT2D eigenvalue weighted by atomic mass is 32.2. The molecule has 8 nitrogen and oxygen atoms in total. The van der Waals surface area contributed by atoms with Gasteiger partial charge in [-0.2, -0.15) is 0 Å². The van der Waals surface area contributed by atoms with Crippen LogP contribution in [0.2, 0.25) is 0 Å². The van der Waals surface area contributed by atoms with E-state index in [9.17, 15) is 8.42 Å². The maximum atomic E-state index is 12.9. The zero-order valence-electron chi connectivity index (χ0n) is 15.7. The Kier molecular flexibility index (Phi) is 5.59. The fourth-order valence-electron chi connectivity index (χ4n) is 3.01. The van der Waals surface area contributed by atoms with Gasteiger partial charge in [-0.05, 0) is 36.4 Å². The fourth-order valence-corrected chi connectivity index (χ4v) is 4.02. The lowest BCUT2D eigenvalue weighted by Gasteiger charge is -2.29. The van der Waals surface area contributed by atoms with Crippen LogP contribution in [0.1, 0.15) is 0 Å². The van der Waals surface area contributed by atoms with Gasteiger partial charge in [0, 0.05) is 38.6 Å². The molecule has 29 heavy (non-hydrogen) atoms. The Balaban J connectivity index is 1.52. The Bertz CT molecular complexity index is 1050. The van der Waals surface area contributed by atoms with Crippen LogP contribution in [-0.2, 0) is 10.0 Å². The number of hydrogen-bond donors (Lipinski definition) is 2. The van der Waals surface area contributed by atoms with Crippen LogP contribution in [0.4, 0.5) is 11.6 Å². The minimum Gasteiger partial charge on any atom is -0.457 e. The van der Waals surface area contributed by atoms with E-state index in [1.165, 1.54) is 18.3 Å². The lowest BCUT2D eigenvalue weighted by atomic mass is 10.3. The Labute approximate surface area is 169 Å². The van der Waals surface area contributed by atoms with E-state index in [-0.39, 0.29) is 10.7 Å². The van der Waals surface area contributed by atoms with Crippen LogP contribution in [-0.4, -0.2) is 44.6 Å². The fraction of sp³-hybridized carbons (Fsp3) is 0.200. The first-order valence-corrected chi connectivity index (χ1v) is 10.7. The number of anilines is 2. The van der Waals surface area contributed by atoms with Crippen LogP contribution >= 0.6 is 0 Å².